The average Bonchev–Trinajstić information content (AvgIpc) is 2.87. The van der Waals surface area contributed by atoms with E-state index < -0.39 is 36.0 Å². The lowest BCUT2D eigenvalue weighted by atomic mass is 9.75. The maximum Gasteiger partial charge on any atom is 0.407 e. The standard InChI is InChI=1S/C24H33F2N3O4.C2H6/c1-2-27-21(30)29-14-12-24(25,26)23(13-15-32-22(31)28-23)20(29)16-33-19-10-8-18(9-11-19)17-6-4-3-5-7-17;1-2/h3-7,18-20H,2,8-16H2,1H3,(H,27,30)(H,28,31);1-2H3. The van der Waals surface area contributed by atoms with Crippen LogP contribution in [-0.4, -0.2) is 66.9 Å². The average molecular weight is 496 g/mol. The second-order valence-corrected chi connectivity index (χ2v) is 9.20. The summed E-state index contributed by atoms with van der Waals surface area (Å²) in [5.41, 5.74) is -0.596. The second kappa shape index (κ2) is 12.0. The second-order valence-electron chi connectivity index (χ2n) is 9.20. The van der Waals surface area contributed by atoms with Crippen LogP contribution < -0.4 is 10.6 Å². The molecule has 35 heavy (non-hydrogen) atoms. The zero-order valence-electron chi connectivity index (χ0n) is 21.0. The molecule has 2 saturated heterocycles. The summed E-state index contributed by atoms with van der Waals surface area (Å²) >= 11 is 0. The minimum Gasteiger partial charge on any atom is -0.449 e. The molecule has 196 valence electrons. The molecular formula is C26H39F2N3O4. The van der Waals surface area contributed by atoms with Crippen LogP contribution in [0, 0.1) is 0 Å². The molecule has 2 heterocycles. The molecule has 4 rings (SSSR count). The van der Waals surface area contributed by atoms with Gasteiger partial charge in [0.1, 0.15) is 5.54 Å². The molecule has 1 aromatic carbocycles. The summed E-state index contributed by atoms with van der Waals surface area (Å²) in [6.45, 7) is 5.87. The smallest absolute Gasteiger partial charge is 0.407 e. The zero-order valence-corrected chi connectivity index (χ0v) is 21.0. The SMILES string of the molecule is CC.CCNC(=O)N1CCC(F)(F)C2(CCOC(=O)N2)C1COC1CCC(c2ccccc2)CC1. The van der Waals surface area contributed by atoms with Gasteiger partial charge in [0.15, 0.2) is 0 Å². The largest absolute Gasteiger partial charge is 0.449 e. The van der Waals surface area contributed by atoms with E-state index in [0.717, 1.165) is 25.7 Å². The highest BCUT2D eigenvalue weighted by molar-refractivity contribution is 5.76. The number of rotatable bonds is 5. The number of hydrogen-bond acceptors (Lipinski definition) is 4. The number of piperidine rings is 1. The molecule has 1 aromatic rings. The van der Waals surface area contributed by atoms with Gasteiger partial charge in [-0.15, -0.1) is 0 Å². The van der Waals surface area contributed by atoms with Crippen molar-refractivity contribution in [3.05, 3.63) is 35.9 Å². The van der Waals surface area contributed by atoms with Crippen LogP contribution in [-0.2, 0) is 9.47 Å². The van der Waals surface area contributed by atoms with Crippen molar-refractivity contribution in [3.8, 4) is 0 Å². The number of benzene rings is 1. The number of urea groups is 1. The van der Waals surface area contributed by atoms with E-state index in [2.05, 4.69) is 22.8 Å². The van der Waals surface area contributed by atoms with Crippen molar-refractivity contribution < 1.29 is 27.8 Å². The highest BCUT2D eigenvalue weighted by atomic mass is 19.3. The third-order valence-electron chi connectivity index (χ3n) is 7.34. The molecule has 2 unspecified atom stereocenters. The van der Waals surface area contributed by atoms with Crippen LogP contribution in [0.2, 0.25) is 0 Å². The summed E-state index contributed by atoms with van der Waals surface area (Å²) in [6.07, 6.45) is 2.02. The number of carbonyl (C=O) groups excluding carboxylic acids is 2. The topological polar surface area (TPSA) is 79.9 Å². The monoisotopic (exact) mass is 495 g/mol. The number of amides is 3. The predicted molar refractivity (Wildman–Crippen MR) is 130 cm³/mol. The molecule has 3 fully saturated rings. The quantitative estimate of drug-likeness (QED) is 0.598. The van der Waals surface area contributed by atoms with E-state index in [9.17, 15) is 9.59 Å². The lowest BCUT2D eigenvalue weighted by Gasteiger charge is -2.54. The van der Waals surface area contributed by atoms with Crippen LogP contribution in [0.3, 0.4) is 0 Å². The molecule has 0 aromatic heterocycles. The normalized spacial score (nSPS) is 29.9. The lowest BCUT2D eigenvalue weighted by Crippen LogP contribution is -2.78. The number of alkyl halides is 2. The molecule has 2 N–H and O–H groups in total. The Morgan fingerprint density at radius 3 is 2.49 bits per heavy atom. The van der Waals surface area contributed by atoms with Crippen molar-refractivity contribution >= 4 is 12.1 Å². The Morgan fingerprint density at radius 2 is 1.86 bits per heavy atom. The van der Waals surface area contributed by atoms with Gasteiger partial charge in [-0.1, -0.05) is 44.2 Å². The fraction of sp³-hybridized carbons (Fsp3) is 0.692. The van der Waals surface area contributed by atoms with E-state index in [-0.39, 0.29) is 32.3 Å². The van der Waals surface area contributed by atoms with E-state index in [1.807, 2.05) is 32.0 Å². The Hall–Kier alpha value is -2.42. The lowest BCUT2D eigenvalue weighted by molar-refractivity contribution is -0.177. The number of alkyl carbamates (subject to hydrolysis) is 1. The molecule has 1 aliphatic carbocycles. The number of carbonyl (C=O) groups is 2. The van der Waals surface area contributed by atoms with Gasteiger partial charge in [0, 0.05) is 25.9 Å². The first-order valence-electron chi connectivity index (χ1n) is 12.9. The van der Waals surface area contributed by atoms with Crippen LogP contribution >= 0.6 is 0 Å². The van der Waals surface area contributed by atoms with Gasteiger partial charge in [-0.3, -0.25) is 0 Å². The van der Waals surface area contributed by atoms with Crippen molar-refractivity contribution in [2.45, 2.75) is 88.8 Å². The predicted octanol–water partition coefficient (Wildman–Crippen LogP) is 5.06. The maximum atomic E-state index is 15.3. The minimum absolute atomic E-state index is 0.0618. The van der Waals surface area contributed by atoms with Gasteiger partial charge >= 0.3 is 12.1 Å². The summed E-state index contributed by atoms with van der Waals surface area (Å²) in [4.78, 5) is 26.2. The Labute approximate surface area is 206 Å². The molecule has 2 aliphatic heterocycles. The molecule has 1 saturated carbocycles. The fourth-order valence-corrected chi connectivity index (χ4v) is 5.50. The third kappa shape index (κ3) is 5.88. The van der Waals surface area contributed by atoms with Gasteiger partial charge in [-0.25, -0.2) is 18.4 Å². The molecule has 0 bridgehead atoms. The van der Waals surface area contributed by atoms with Gasteiger partial charge < -0.3 is 25.0 Å². The van der Waals surface area contributed by atoms with Crippen molar-refractivity contribution in [1.82, 2.24) is 15.5 Å². The number of hydrogen-bond donors (Lipinski definition) is 2. The molecule has 0 radical (unpaired) electrons. The number of nitrogens with zero attached hydrogens (tertiary/aromatic N) is 1. The van der Waals surface area contributed by atoms with Crippen molar-refractivity contribution in [2.24, 2.45) is 0 Å². The summed E-state index contributed by atoms with van der Waals surface area (Å²) in [5.74, 6) is -2.72. The van der Waals surface area contributed by atoms with Gasteiger partial charge in [0.2, 0.25) is 0 Å². The Bertz CT molecular complexity index is 833. The van der Waals surface area contributed by atoms with Crippen molar-refractivity contribution in [1.29, 1.82) is 0 Å². The third-order valence-corrected chi connectivity index (χ3v) is 7.34. The van der Waals surface area contributed by atoms with Crippen LogP contribution in [0.15, 0.2) is 30.3 Å². The van der Waals surface area contributed by atoms with E-state index in [4.69, 9.17) is 9.47 Å². The van der Waals surface area contributed by atoms with Crippen LogP contribution in [0.5, 0.6) is 0 Å². The summed E-state index contributed by atoms with van der Waals surface area (Å²) in [5, 5.41) is 5.11. The first-order chi connectivity index (χ1) is 16.9. The highest BCUT2D eigenvalue weighted by Gasteiger charge is 2.65. The van der Waals surface area contributed by atoms with Crippen LogP contribution in [0.1, 0.15) is 70.8 Å². The summed E-state index contributed by atoms with van der Waals surface area (Å²) in [6, 6.07) is 8.94. The molecule has 3 amide bonds. The van der Waals surface area contributed by atoms with Gasteiger partial charge in [0.25, 0.3) is 5.92 Å². The van der Waals surface area contributed by atoms with E-state index in [0.29, 0.717) is 12.5 Å². The fourth-order valence-electron chi connectivity index (χ4n) is 5.50. The molecular weight excluding hydrogens is 456 g/mol. The maximum absolute atomic E-state index is 15.3. The summed E-state index contributed by atoms with van der Waals surface area (Å²) < 4.78 is 41.7. The van der Waals surface area contributed by atoms with Gasteiger partial charge in [0.05, 0.1) is 25.4 Å². The Kier molecular flexibility index (Phi) is 9.33. The molecule has 7 nitrogen and oxygen atoms in total. The number of cyclic esters (lactones) is 1. The molecule has 3 aliphatic rings. The number of halogens is 2. The Balaban J connectivity index is 0.00000167. The van der Waals surface area contributed by atoms with E-state index in [1.54, 1.807) is 6.92 Å². The number of nitrogens with one attached hydrogen (secondary N) is 2. The van der Waals surface area contributed by atoms with Crippen LogP contribution in [0.25, 0.3) is 0 Å². The van der Waals surface area contributed by atoms with Crippen molar-refractivity contribution in [2.75, 3.05) is 26.3 Å². The Morgan fingerprint density at radius 1 is 1.17 bits per heavy atom. The van der Waals surface area contributed by atoms with E-state index in [1.165, 1.54) is 10.5 Å². The first-order valence-corrected chi connectivity index (χ1v) is 12.9. The zero-order chi connectivity index (χ0) is 25.5. The van der Waals surface area contributed by atoms with E-state index >= 15 is 8.78 Å². The summed E-state index contributed by atoms with van der Waals surface area (Å²) in [7, 11) is 0. The highest BCUT2D eigenvalue weighted by Crippen LogP contribution is 2.45. The van der Waals surface area contributed by atoms with Gasteiger partial charge in [-0.2, -0.15) is 0 Å². The molecule has 2 atom stereocenters. The molecule has 9 heteroatoms. The van der Waals surface area contributed by atoms with Crippen molar-refractivity contribution in [3.63, 3.8) is 0 Å². The molecule has 1 spiro atoms. The minimum atomic E-state index is -3.19. The van der Waals surface area contributed by atoms with Crippen LogP contribution in [0.4, 0.5) is 18.4 Å². The number of likely N-dealkylation sites (tertiary alicyclic amines) is 1. The first kappa shape index (κ1) is 27.2. The number of ether oxygens (including phenoxy) is 2. The van der Waals surface area contributed by atoms with Gasteiger partial charge in [-0.05, 0) is 44.1 Å².